The summed E-state index contributed by atoms with van der Waals surface area (Å²) in [6.45, 7) is 10.4. The van der Waals surface area contributed by atoms with Crippen LogP contribution in [0.4, 0.5) is 5.82 Å². The fourth-order valence-electron chi connectivity index (χ4n) is 3.93. The number of aryl methyl sites for hydroxylation is 3. The fraction of sp³-hybridized carbons (Fsp3) is 0.333. The molecule has 2 N–H and O–H groups in total. The van der Waals surface area contributed by atoms with Gasteiger partial charge in [0, 0.05) is 18.0 Å². The minimum atomic E-state index is 0.166. The van der Waals surface area contributed by atoms with Gasteiger partial charge in [0.05, 0.1) is 5.52 Å². The van der Waals surface area contributed by atoms with E-state index in [2.05, 4.69) is 73.9 Å². The maximum absolute atomic E-state index is 4.76. The first-order valence-corrected chi connectivity index (χ1v) is 10.0. The van der Waals surface area contributed by atoms with Crippen LogP contribution in [-0.4, -0.2) is 23.1 Å². The second-order valence-corrected chi connectivity index (χ2v) is 7.77. The highest BCUT2D eigenvalue weighted by molar-refractivity contribution is 5.94. The Balaban J connectivity index is 1.78. The summed E-state index contributed by atoms with van der Waals surface area (Å²) in [6, 6.07) is 13.3. The lowest BCUT2D eigenvalue weighted by Crippen LogP contribution is -2.20. The van der Waals surface area contributed by atoms with E-state index in [0.29, 0.717) is 0 Å². The van der Waals surface area contributed by atoms with Crippen LogP contribution >= 0.6 is 0 Å². The molecule has 0 saturated heterocycles. The number of anilines is 1. The van der Waals surface area contributed by atoms with Gasteiger partial charge in [0.25, 0.3) is 0 Å². The smallest absolute Gasteiger partial charge is 0.138 e. The van der Waals surface area contributed by atoms with Gasteiger partial charge in [0.2, 0.25) is 0 Å². The van der Waals surface area contributed by atoms with Gasteiger partial charge in [0.1, 0.15) is 11.6 Å². The maximum atomic E-state index is 4.76. The van der Waals surface area contributed by atoms with Crippen LogP contribution < -0.4 is 10.6 Å². The Morgan fingerprint density at radius 2 is 1.93 bits per heavy atom. The highest BCUT2D eigenvalue weighted by Gasteiger charge is 2.15. The van der Waals surface area contributed by atoms with E-state index in [0.717, 1.165) is 42.1 Å². The van der Waals surface area contributed by atoms with Crippen molar-refractivity contribution >= 4 is 22.3 Å². The van der Waals surface area contributed by atoms with Crippen LogP contribution in [0.5, 0.6) is 0 Å². The Kier molecular flexibility index (Phi) is 5.14. The number of nitrogens with zero attached hydrogens (tertiary/aromatic N) is 2. The molecule has 2 aromatic carbocycles. The molecule has 1 atom stereocenters. The summed E-state index contributed by atoms with van der Waals surface area (Å²) >= 11 is 0. The largest absolute Gasteiger partial charge is 0.363 e. The molecule has 0 saturated carbocycles. The normalized spacial score (nSPS) is 15.4. The van der Waals surface area contributed by atoms with Crippen molar-refractivity contribution in [2.24, 2.45) is 0 Å². The highest BCUT2D eigenvalue weighted by Crippen LogP contribution is 2.31. The van der Waals surface area contributed by atoms with Crippen LogP contribution in [-0.2, 0) is 0 Å². The van der Waals surface area contributed by atoms with Crippen molar-refractivity contribution < 1.29 is 0 Å². The van der Waals surface area contributed by atoms with Crippen molar-refractivity contribution in [3.8, 4) is 0 Å². The van der Waals surface area contributed by atoms with E-state index in [1.54, 1.807) is 0 Å². The molecule has 0 spiro atoms. The summed E-state index contributed by atoms with van der Waals surface area (Å²) in [5, 5.41) is 8.13. The Hall–Kier alpha value is -2.72. The van der Waals surface area contributed by atoms with Gasteiger partial charge >= 0.3 is 0 Å². The van der Waals surface area contributed by atoms with Crippen molar-refractivity contribution in [1.82, 2.24) is 15.3 Å². The third kappa shape index (κ3) is 3.78. The van der Waals surface area contributed by atoms with Gasteiger partial charge in [-0.15, -0.1) is 0 Å². The topological polar surface area (TPSA) is 49.8 Å². The predicted molar refractivity (Wildman–Crippen MR) is 118 cm³/mol. The van der Waals surface area contributed by atoms with Crippen molar-refractivity contribution in [3.63, 3.8) is 0 Å². The second kappa shape index (κ2) is 7.72. The summed E-state index contributed by atoms with van der Waals surface area (Å²) in [5.41, 5.74) is 7.45. The zero-order chi connectivity index (χ0) is 19.7. The molecule has 0 radical (unpaired) electrons. The van der Waals surface area contributed by atoms with Crippen LogP contribution in [0, 0.1) is 20.8 Å². The van der Waals surface area contributed by atoms with Crippen molar-refractivity contribution in [2.75, 3.05) is 18.4 Å². The molecule has 144 valence electrons. The van der Waals surface area contributed by atoms with E-state index < -0.39 is 0 Å². The zero-order valence-corrected chi connectivity index (χ0v) is 17.1. The molecule has 1 aliphatic rings. The number of fused-ring (bicyclic) bond motifs is 1. The molecule has 1 aromatic heterocycles. The van der Waals surface area contributed by atoms with E-state index >= 15 is 0 Å². The lowest BCUT2D eigenvalue weighted by atomic mass is 9.96. The van der Waals surface area contributed by atoms with E-state index in [4.69, 9.17) is 9.97 Å². The summed E-state index contributed by atoms with van der Waals surface area (Å²) in [5.74, 6) is 1.71. The van der Waals surface area contributed by atoms with Gasteiger partial charge in [-0.1, -0.05) is 35.9 Å². The third-order valence-corrected chi connectivity index (χ3v) is 5.43. The monoisotopic (exact) mass is 372 g/mol. The number of rotatable bonds is 4. The Bertz CT molecular complexity index is 1050. The molecule has 4 nitrogen and oxygen atoms in total. The van der Waals surface area contributed by atoms with Gasteiger partial charge < -0.3 is 10.6 Å². The Morgan fingerprint density at radius 3 is 2.68 bits per heavy atom. The van der Waals surface area contributed by atoms with E-state index in [-0.39, 0.29) is 6.04 Å². The molecule has 3 aromatic rings. The highest BCUT2D eigenvalue weighted by atomic mass is 15.0. The van der Waals surface area contributed by atoms with Crippen LogP contribution in [0.3, 0.4) is 0 Å². The van der Waals surface area contributed by atoms with E-state index in [1.165, 1.54) is 27.8 Å². The quantitative estimate of drug-likeness (QED) is 0.668. The molecule has 0 fully saturated rings. The van der Waals surface area contributed by atoms with Crippen LogP contribution in [0.25, 0.3) is 16.5 Å². The number of benzene rings is 2. The van der Waals surface area contributed by atoms with Gasteiger partial charge in [-0.25, -0.2) is 9.97 Å². The number of hydrogen-bond donors (Lipinski definition) is 2. The van der Waals surface area contributed by atoms with Crippen molar-refractivity contribution in [3.05, 3.63) is 70.6 Å². The summed E-state index contributed by atoms with van der Waals surface area (Å²) in [6.07, 6.45) is 3.35. The summed E-state index contributed by atoms with van der Waals surface area (Å²) in [4.78, 5) is 9.50. The molecule has 0 amide bonds. The minimum Gasteiger partial charge on any atom is -0.363 e. The predicted octanol–water partition coefficient (Wildman–Crippen LogP) is 5.10. The van der Waals surface area contributed by atoms with Crippen molar-refractivity contribution in [1.29, 1.82) is 0 Å². The number of hydrogen-bond acceptors (Lipinski definition) is 4. The van der Waals surface area contributed by atoms with Gasteiger partial charge in [-0.2, -0.15) is 0 Å². The second-order valence-electron chi connectivity index (χ2n) is 7.77. The zero-order valence-electron chi connectivity index (χ0n) is 17.1. The van der Waals surface area contributed by atoms with E-state index in [1.807, 2.05) is 6.92 Å². The first-order valence-electron chi connectivity index (χ1n) is 10.0. The molecule has 2 heterocycles. The molecule has 1 aliphatic heterocycles. The lowest BCUT2D eigenvalue weighted by Gasteiger charge is -2.19. The fourth-order valence-corrected chi connectivity index (χ4v) is 3.93. The lowest BCUT2D eigenvalue weighted by molar-refractivity contribution is 0.738. The molecular weight excluding hydrogens is 344 g/mol. The molecule has 4 rings (SSSR count). The summed E-state index contributed by atoms with van der Waals surface area (Å²) < 4.78 is 0. The maximum Gasteiger partial charge on any atom is 0.138 e. The molecular formula is C24H28N4. The van der Waals surface area contributed by atoms with Crippen LogP contribution in [0.1, 0.15) is 47.5 Å². The Labute approximate surface area is 167 Å². The molecule has 0 bridgehead atoms. The number of nitrogens with one attached hydrogen (secondary N) is 2. The number of aromatic nitrogens is 2. The summed E-state index contributed by atoms with van der Waals surface area (Å²) in [7, 11) is 0. The molecule has 0 unspecified atom stereocenters. The first-order chi connectivity index (χ1) is 13.5. The van der Waals surface area contributed by atoms with E-state index in [9.17, 15) is 0 Å². The van der Waals surface area contributed by atoms with Crippen LogP contribution in [0.15, 0.2) is 42.5 Å². The average Bonchev–Trinajstić information content (AvgIpc) is 2.69. The van der Waals surface area contributed by atoms with Crippen LogP contribution in [0.2, 0.25) is 0 Å². The third-order valence-electron chi connectivity index (χ3n) is 5.43. The SMILES string of the molecule is Cc1cccc([C@@H](C)Nc2nc(C)nc3c(C)cc(C4=CCNCC4)cc23)c1. The molecule has 4 heteroatoms. The average molecular weight is 373 g/mol. The minimum absolute atomic E-state index is 0.166. The Morgan fingerprint density at radius 1 is 1.07 bits per heavy atom. The molecule has 0 aliphatic carbocycles. The van der Waals surface area contributed by atoms with Gasteiger partial charge in [0.15, 0.2) is 0 Å². The molecule has 28 heavy (non-hydrogen) atoms. The standard InChI is InChI=1S/C24H28N4/c1-15-6-5-7-20(12-15)17(3)26-24-22-14-21(19-8-10-25-11-9-19)13-16(2)23(22)27-18(4)28-24/h5-8,12-14,17,25H,9-11H2,1-4H3,(H,26,27,28)/t17-/m1/s1. The first kappa shape index (κ1) is 18.6. The van der Waals surface area contributed by atoms with Gasteiger partial charge in [-0.3, -0.25) is 0 Å². The van der Waals surface area contributed by atoms with Gasteiger partial charge in [-0.05, 0) is 75.1 Å². The van der Waals surface area contributed by atoms with Crippen molar-refractivity contribution in [2.45, 2.75) is 40.2 Å².